The highest BCUT2D eigenvalue weighted by Gasteiger charge is 2.25. The Kier molecular flexibility index (Phi) is 4.67. The van der Waals surface area contributed by atoms with Crippen LogP contribution < -0.4 is 10.1 Å². The second-order valence-corrected chi connectivity index (χ2v) is 7.02. The van der Waals surface area contributed by atoms with E-state index in [0.29, 0.717) is 28.1 Å². The van der Waals surface area contributed by atoms with Gasteiger partial charge in [0.25, 0.3) is 5.91 Å². The maximum Gasteiger partial charge on any atom is 0.270 e. The summed E-state index contributed by atoms with van der Waals surface area (Å²) in [5.74, 6) is 0.178. The lowest BCUT2D eigenvalue weighted by atomic mass is 10.2. The number of rotatable bonds is 6. The predicted molar refractivity (Wildman–Crippen MR) is 98.8 cm³/mol. The maximum atomic E-state index is 13.8. The molecule has 1 N–H and O–H groups in total. The van der Waals surface area contributed by atoms with Gasteiger partial charge in [-0.1, -0.05) is 30.3 Å². The first-order valence-electron chi connectivity index (χ1n) is 8.43. The number of thiazole rings is 1. The molecule has 26 heavy (non-hydrogen) atoms. The van der Waals surface area contributed by atoms with Crippen LogP contribution in [-0.2, 0) is 6.61 Å². The fourth-order valence-corrected chi connectivity index (χ4v) is 3.36. The van der Waals surface area contributed by atoms with E-state index in [1.54, 1.807) is 23.6 Å². The minimum absolute atomic E-state index is 0.129. The van der Waals surface area contributed by atoms with Gasteiger partial charge in [-0.2, -0.15) is 0 Å². The van der Waals surface area contributed by atoms with Gasteiger partial charge >= 0.3 is 0 Å². The third-order valence-electron chi connectivity index (χ3n) is 4.11. The Morgan fingerprint density at radius 3 is 2.77 bits per heavy atom. The fraction of sp³-hybridized carbons (Fsp3) is 0.200. The summed E-state index contributed by atoms with van der Waals surface area (Å²) in [6, 6.07) is 14.3. The molecule has 1 aromatic heterocycles. The van der Waals surface area contributed by atoms with E-state index in [1.165, 1.54) is 17.4 Å². The highest BCUT2D eigenvalue weighted by Crippen LogP contribution is 2.33. The van der Waals surface area contributed by atoms with Crippen molar-refractivity contribution in [3.05, 3.63) is 71.0 Å². The summed E-state index contributed by atoms with van der Waals surface area (Å²) < 4.78 is 19.6. The number of hydrogen-bond acceptors (Lipinski definition) is 4. The Balaban J connectivity index is 1.53. The van der Waals surface area contributed by atoms with E-state index in [1.807, 2.05) is 24.3 Å². The molecule has 0 radical (unpaired) electrons. The minimum Gasteiger partial charge on any atom is -0.488 e. The van der Waals surface area contributed by atoms with Crippen LogP contribution in [0.2, 0.25) is 0 Å². The quantitative estimate of drug-likeness (QED) is 0.701. The number of nitrogens with one attached hydrogen (secondary N) is 1. The molecule has 1 aliphatic rings. The van der Waals surface area contributed by atoms with Crippen molar-refractivity contribution in [2.75, 3.05) is 0 Å². The SMILES string of the molecule is O=C(NC1CC1)c1csc(-c2ccccc2OCc2ccccc2F)n1. The van der Waals surface area contributed by atoms with Crippen LogP contribution in [0.5, 0.6) is 5.75 Å². The van der Waals surface area contributed by atoms with Gasteiger partial charge in [0, 0.05) is 17.0 Å². The molecule has 1 saturated carbocycles. The van der Waals surface area contributed by atoms with Crippen LogP contribution in [0.1, 0.15) is 28.9 Å². The van der Waals surface area contributed by atoms with Crippen molar-refractivity contribution in [3.8, 4) is 16.3 Å². The van der Waals surface area contributed by atoms with Crippen LogP contribution in [0.15, 0.2) is 53.9 Å². The number of amides is 1. The lowest BCUT2D eigenvalue weighted by molar-refractivity contribution is 0.0947. The second kappa shape index (κ2) is 7.25. The molecule has 0 saturated heterocycles. The molecule has 1 amide bonds. The van der Waals surface area contributed by atoms with Gasteiger partial charge in [-0.3, -0.25) is 4.79 Å². The fourth-order valence-electron chi connectivity index (χ4n) is 2.53. The Morgan fingerprint density at radius 1 is 1.19 bits per heavy atom. The highest BCUT2D eigenvalue weighted by atomic mass is 32.1. The molecule has 3 aromatic rings. The van der Waals surface area contributed by atoms with Crippen LogP contribution in [0.4, 0.5) is 4.39 Å². The largest absolute Gasteiger partial charge is 0.488 e. The minimum atomic E-state index is -0.293. The van der Waals surface area contributed by atoms with Crippen LogP contribution in [-0.4, -0.2) is 16.9 Å². The van der Waals surface area contributed by atoms with Gasteiger partial charge in [-0.15, -0.1) is 11.3 Å². The van der Waals surface area contributed by atoms with Gasteiger partial charge in [0.1, 0.15) is 28.9 Å². The van der Waals surface area contributed by atoms with Crippen molar-refractivity contribution in [1.29, 1.82) is 0 Å². The Morgan fingerprint density at radius 2 is 1.96 bits per heavy atom. The Hall–Kier alpha value is -2.73. The molecule has 0 aliphatic heterocycles. The number of carbonyl (C=O) groups is 1. The summed E-state index contributed by atoms with van der Waals surface area (Å²) in [7, 11) is 0. The maximum absolute atomic E-state index is 13.8. The summed E-state index contributed by atoms with van der Waals surface area (Å²) in [4.78, 5) is 16.6. The van der Waals surface area contributed by atoms with Crippen molar-refractivity contribution in [2.45, 2.75) is 25.5 Å². The topological polar surface area (TPSA) is 51.2 Å². The molecule has 0 atom stereocenters. The predicted octanol–water partition coefficient (Wildman–Crippen LogP) is 4.42. The van der Waals surface area contributed by atoms with Crippen molar-refractivity contribution >= 4 is 17.2 Å². The average Bonchev–Trinajstić information content (AvgIpc) is 3.33. The molecule has 0 spiro atoms. The molecule has 4 rings (SSSR count). The van der Waals surface area contributed by atoms with E-state index < -0.39 is 0 Å². The van der Waals surface area contributed by atoms with Gasteiger partial charge in [0.05, 0.1) is 5.56 Å². The first-order valence-corrected chi connectivity index (χ1v) is 9.30. The van der Waals surface area contributed by atoms with Crippen molar-refractivity contribution in [2.24, 2.45) is 0 Å². The molecule has 132 valence electrons. The van der Waals surface area contributed by atoms with E-state index in [-0.39, 0.29) is 18.3 Å². The number of ether oxygens (including phenoxy) is 1. The number of hydrogen-bond donors (Lipinski definition) is 1. The van der Waals surface area contributed by atoms with E-state index in [9.17, 15) is 9.18 Å². The Labute approximate surface area is 154 Å². The molecule has 1 fully saturated rings. The van der Waals surface area contributed by atoms with Crippen LogP contribution in [0.25, 0.3) is 10.6 Å². The summed E-state index contributed by atoms with van der Waals surface area (Å²) >= 11 is 1.39. The number of carbonyl (C=O) groups excluding carboxylic acids is 1. The lowest BCUT2D eigenvalue weighted by Gasteiger charge is -2.10. The normalized spacial score (nSPS) is 13.4. The number of para-hydroxylation sites is 1. The molecular formula is C20H17FN2O2S. The molecule has 6 heteroatoms. The standard InChI is InChI=1S/C20H17FN2O2S/c21-16-7-3-1-5-13(16)11-25-18-8-4-2-6-15(18)20-23-17(12-26-20)19(24)22-14-9-10-14/h1-8,12,14H,9-11H2,(H,22,24). The van der Waals surface area contributed by atoms with E-state index in [0.717, 1.165) is 18.4 Å². The summed E-state index contributed by atoms with van der Waals surface area (Å²) in [5, 5.41) is 5.39. The third kappa shape index (κ3) is 3.75. The van der Waals surface area contributed by atoms with Gasteiger partial charge in [-0.05, 0) is 31.0 Å². The number of nitrogens with zero attached hydrogens (tertiary/aromatic N) is 1. The number of benzene rings is 2. The van der Waals surface area contributed by atoms with Crippen LogP contribution in [0, 0.1) is 5.82 Å². The summed E-state index contributed by atoms with van der Waals surface area (Å²) in [6.45, 7) is 0.129. The zero-order valence-electron chi connectivity index (χ0n) is 13.9. The van der Waals surface area contributed by atoms with Crippen molar-refractivity contribution in [1.82, 2.24) is 10.3 Å². The number of halogens is 1. The highest BCUT2D eigenvalue weighted by molar-refractivity contribution is 7.13. The molecule has 1 heterocycles. The zero-order chi connectivity index (χ0) is 17.9. The molecule has 0 bridgehead atoms. The molecule has 4 nitrogen and oxygen atoms in total. The molecule has 1 aliphatic carbocycles. The Bertz CT molecular complexity index is 937. The van der Waals surface area contributed by atoms with E-state index in [2.05, 4.69) is 10.3 Å². The molecule has 0 unspecified atom stereocenters. The van der Waals surface area contributed by atoms with Gasteiger partial charge in [0.15, 0.2) is 0 Å². The smallest absolute Gasteiger partial charge is 0.270 e. The number of aromatic nitrogens is 1. The van der Waals surface area contributed by atoms with Crippen molar-refractivity contribution in [3.63, 3.8) is 0 Å². The van der Waals surface area contributed by atoms with E-state index in [4.69, 9.17) is 4.74 Å². The summed E-state index contributed by atoms with van der Waals surface area (Å²) in [5.41, 5.74) is 1.70. The van der Waals surface area contributed by atoms with E-state index >= 15 is 0 Å². The van der Waals surface area contributed by atoms with Gasteiger partial charge in [0.2, 0.25) is 0 Å². The lowest BCUT2D eigenvalue weighted by Crippen LogP contribution is -2.25. The average molecular weight is 368 g/mol. The van der Waals surface area contributed by atoms with Crippen LogP contribution in [0.3, 0.4) is 0 Å². The molecular weight excluding hydrogens is 351 g/mol. The third-order valence-corrected chi connectivity index (χ3v) is 4.98. The zero-order valence-corrected chi connectivity index (χ0v) is 14.8. The van der Waals surface area contributed by atoms with Gasteiger partial charge in [-0.25, -0.2) is 9.37 Å². The first kappa shape index (κ1) is 16.7. The van der Waals surface area contributed by atoms with Gasteiger partial charge < -0.3 is 10.1 Å². The summed E-state index contributed by atoms with van der Waals surface area (Å²) in [6.07, 6.45) is 2.07. The second-order valence-electron chi connectivity index (χ2n) is 6.16. The van der Waals surface area contributed by atoms with Crippen molar-refractivity contribution < 1.29 is 13.9 Å². The monoisotopic (exact) mass is 368 g/mol. The molecule has 2 aromatic carbocycles. The first-order chi connectivity index (χ1) is 12.7. The van der Waals surface area contributed by atoms with Crippen LogP contribution >= 0.6 is 11.3 Å².